The third kappa shape index (κ3) is 19.1. The van der Waals surface area contributed by atoms with Crippen LogP contribution in [0.15, 0.2) is 39.9 Å². The Morgan fingerprint density at radius 2 is 1.60 bits per heavy atom. The van der Waals surface area contributed by atoms with Crippen LogP contribution in [-0.2, 0) is 17.7 Å². The molecule has 0 aromatic carbocycles. The lowest BCUT2D eigenvalue weighted by Gasteiger charge is -2.19. The van der Waals surface area contributed by atoms with E-state index in [4.69, 9.17) is 21.8 Å². The number of hydrogen-bond acceptors (Lipinski definition) is 12. The molecule has 0 aliphatic carbocycles. The number of aryl methyl sites for hydroxylation is 4. The number of hydrazine groups is 2. The lowest BCUT2D eigenvalue weighted by atomic mass is 9.95. The highest BCUT2D eigenvalue weighted by atomic mass is 32.2. The van der Waals surface area contributed by atoms with Crippen molar-refractivity contribution in [2.24, 2.45) is 34.2 Å². The van der Waals surface area contributed by atoms with Gasteiger partial charge in [-0.15, -0.1) is 22.7 Å². The van der Waals surface area contributed by atoms with Gasteiger partial charge in [-0.2, -0.15) is 40.4 Å². The van der Waals surface area contributed by atoms with Crippen molar-refractivity contribution < 1.29 is 4.42 Å². The Kier molecular flexibility index (Phi) is 26.7. The summed E-state index contributed by atoms with van der Waals surface area (Å²) >= 11 is 9.05. The van der Waals surface area contributed by atoms with Gasteiger partial charge in [0.15, 0.2) is 0 Å². The van der Waals surface area contributed by atoms with Crippen molar-refractivity contribution in [2.45, 2.75) is 78.5 Å². The Hall–Kier alpha value is -1.16. The minimum absolute atomic E-state index is 0.161. The van der Waals surface area contributed by atoms with Crippen LogP contribution in [0.25, 0.3) is 0 Å². The normalized spacial score (nSPS) is 11.4. The fraction of sp³-hybridized carbons (Fsp3) is 0.567. The highest BCUT2D eigenvalue weighted by molar-refractivity contribution is 7.98. The molecular weight excluding hydrogens is 635 g/mol. The summed E-state index contributed by atoms with van der Waals surface area (Å²) in [6.07, 6.45) is 8.67. The molecular formula is C30H57N7OS5. The molecule has 0 spiro atoms. The smallest absolute Gasteiger partial charge is 0.145 e. The first-order valence-corrected chi connectivity index (χ1v) is 19.8. The van der Waals surface area contributed by atoms with Crippen molar-refractivity contribution in [2.75, 3.05) is 30.3 Å². The predicted octanol–water partition coefficient (Wildman–Crippen LogP) is 7.08. The van der Waals surface area contributed by atoms with E-state index >= 15 is 0 Å². The number of nitrogens with two attached hydrogens (primary N) is 5. The van der Waals surface area contributed by atoms with E-state index in [-0.39, 0.29) is 11.5 Å². The van der Waals surface area contributed by atoms with Crippen LogP contribution in [0, 0.1) is 20.8 Å². The number of rotatable bonds is 10. The lowest BCUT2D eigenvalue weighted by Crippen LogP contribution is -2.36. The molecule has 0 amide bonds. The van der Waals surface area contributed by atoms with E-state index in [0.717, 1.165) is 29.4 Å². The van der Waals surface area contributed by atoms with Gasteiger partial charge in [-0.05, 0) is 101 Å². The number of nitrogens with one attached hydrogen (secondary N) is 1. The van der Waals surface area contributed by atoms with Gasteiger partial charge < -0.3 is 21.4 Å². The third-order valence-electron chi connectivity index (χ3n) is 5.30. The molecule has 0 fully saturated rings. The van der Waals surface area contributed by atoms with Crippen LogP contribution in [0.4, 0.5) is 0 Å². The molecule has 0 radical (unpaired) electrons. The number of thioether (sulfide) groups is 3. The van der Waals surface area contributed by atoms with Crippen LogP contribution in [0.1, 0.15) is 76.6 Å². The fourth-order valence-corrected chi connectivity index (χ4v) is 7.46. The van der Waals surface area contributed by atoms with E-state index in [9.17, 15) is 0 Å². The Morgan fingerprint density at radius 1 is 0.977 bits per heavy atom. The number of hydrazone groups is 1. The number of amidine groups is 1. The summed E-state index contributed by atoms with van der Waals surface area (Å²) < 4.78 is 5.30. The summed E-state index contributed by atoms with van der Waals surface area (Å²) in [5, 5.41) is 3.68. The zero-order valence-corrected chi connectivity index (χ0v) is 31.9. The van der Waals surface area contributed by atoms with Gasteiger partial charge in [-0.3, -0.25) is 11.7 Å². The van der Waals surface area contributed by atoms with Gasteiger partial charge >= 0.3 is 0 Å². The predicted molar refractivity (Wildman–Crippen MR) is 202 cm³/mol. The molecule has 13 heteroatoms. The van der Waals surface area contributed by atoms with E-state index in [1.165, 1.54) is 37.2 Å². The van der Waals surface area contributed by atoms with Gasteiger partial charge in [-0.25, -0.2) is 5.84 Å². The zero-order chi connectivity index (χ0) is 33.4. The molecule has 0 bridgehead atoms. The fourth-order valence-electron chi connectivity index (χ4n) is 3.52. The van der Waals surface area contributed by atoms with Crippen LogP contribution in [0.2, 0.25) is 0 Å². The Labute approximate surface area is 282 Å². The summed E-state index contributed by atoms with van der Waals surface area (Å²) in [6, 6.07) is 10.4. The average molecular weight is 692 g/mol. The molecule has 0 aliphatic heterocycles. The topological polar surface area (TPSA) is 168 Å². The van der Waals surface area contributed by atoms with Gasteiger partial charge in [0, 0.05) is 30.8 Å². The van der Waals surface area contributed by atoms with Crippen molar-refractivity contribution in [3.05, 3.63) is 66.9 Å². The second-order valence-electron chi connectivity index (χ2n) is 9.93. The third-order valence-corrected chi connectivity index (χ3v) is 9.37. The molecule has 3 heterocycles. The van der Waals surface area contributed by atoms with Gasteiger partial charge in [0.1, 0.15) is 17.4 Å². The summed E-state index contributed by atoms with van der Waals surface area (Å²) in [5.74, 6) is 24.6. The molecule has 3 aromatic heterocycles. The maximum Gasteiger partial charge on any atom is 0.145 e. The standard InChI is InChI=1S/C11H19NS2.C9H16N4S2.C7H10OS.C3H8.H4N2/c1-8-7-9(11(2,3)12)10(14-8)5-6-13-4;1-6-3-4-8(15-6)7(5-14-2)9(12-10)13-11;1-6-3-4-7(8-6)5-9-2;1-3-2;1-2/h7H,5-6,12H2,1-4H3;3-4,7H,5,10-11H2,1-2H3,(H,12,13);3-4H,5H2,1-2H3;3H2,1-2H3;1-2H2. The first kappa shape index (κ1) is 44.0. The van der Waals surface area contributed by atoms with Gasteiger partial charge in [-0.1, -0.05) is 20.3 Å². The number of thiophene rings is 2. The van der Waals surface area contributed by atoms with E-state index < -0.39 is 0 Å². The molecule has 0 saturated heterocycles. The second kappa shape index (κ2) is 26.1. The first-order chi connectivity index (χ1) is 20.4. The maximum atomic E-state index is 6.14. The van der Waals surface area contributed by atoms with E-state index in [0.29, 0.717) is 5.84 Å². The molecule has 0 saturated carbocycles. The van der Waals surface area contributed by atoms with E-state index in [2.05, 4.69) is 101 Å². The number of nitrogens with zero attached hydrogens (tertiary/aromatic N) is 1. The summed E-state index contributed by atoms with van der Waals surface area (Å²) in [7, 11) is 0. The molecule has 3 rings (SSSR count). The maximum absolute atomic E-state index is 6.14. The highest BCUT2D eigenvalue weighted by Gasteiger charge is 2.20. The van der Waals surface area contributed by atoms with Crippen molar-refractivity contribution in [3.8, 4) is 0 Å². The van der Waals surface area contributed by atoms with Crippen LogP contribution >= 0.6 is 58.0 Å². The van der Waals surface area contributed by atoms with Crippen molar-refractivity contribution >= 4 is 63.8 Å². The van der Waals surface area contributed by atoms with Crippen molar-refractivity contribution in [3.63, 3.8) is 0 Å². The van der Waals surface area contributed by atoms with Gasteiger partial charge in [0.25, 0.3) is 0 Å². The molecule has 0 aliphatic rings. The number of furan rings is 1. The van der Waals surface area contributed by atoms with Crippen LogP contribution in [0.5, 0.6) is 0 Å². The Bertz CT molecular complexity index is 1110. The van der Waals surface area contributed by atoms with Crippen molar-refractivity contribution in [1.82, 2.24) is 5.43 Å². The lowest BCUT2D eigenvalue weighted by molar-refractivity contribution is 0.501. The summed E-state index contributed by atoms with van der Waals surface area (Å²) in [5.41, 5.74) is 9.84. The van der Waals surface area contributed by atoms with E-state index in [1.807, 2.05) is 42.2 Å². The zero-order valence-electron chi connectivity index (χ0n) is 27.8. The minimum Gasteiger partial charge on any atom is -0.466 e. The summed E-state index contributed by atoms with van der Waals surface area (Å²) in [6.45, 7) is 14.6. The van der Waals surface area contributed by atoms with Gasteiger partial charge in [0.2, 0.25) is 0 Å². The van der Waals surface area contributed by atoms with Crippen LogP contribution < -0.4 is 34.5 Å². The minimum atomic E-state index is -0.196. The highest BCUT2D eigenvalue weighted by Crippen LogP contribution is 2.30. The molecule has 43 heavy (non-hydrogen) atoms. The monoisotopic (exact) mass is 691 g/mol. The Morgan fingerprint density at radius 3 is 2.00 bits per heavy atom. The summed E-state index contributed by atoms with van der Waals surface area (Å²) in [4.78, 5) is 5.35. The van der Waals surface area contributed by atoms with Crippen LogP contribution in [0.3, 0.4) is 0 Å². The number of hydrogen-bond donors (Lipinski definition) is 6. The second-order valence-corrected chi connectivity index (χ2v) is 15.3. The SMILES string of the molecule is CCC.CSCC(/C(=N/N)NN)c1ccc(C)s1.CSCCc1sc(C)cc1C(C)(C)N.CSCc1ccc(C)o1.NN. The molecule has 1 unspecified atom stereocenters. The largest absolute Gasteiger partial charge is 0.466 e. The molecule has 8 nitrogen and oxygen atoms in total. The molecule has 11 N–H and O–H groups in total. The quantitative estimate of drug-likeness (QED) is 0.0559. The first-order valence-electron chi connectivity index (χ1n) is 14.0. The van der Waals surface area contributed by atoms with Crippen molar-refractivity contribution in [1.29, 1.82) is 0 Å². The van der Waals surface area contributed by atoms with Gasteiger partial charge in [0.05, 0.1) is 11.7 Å². The molecule has 1 atom stereocenters. The van der Waals surface area contributed by atoms with Crippen LogP contribution in [-0.4, -0.2) is 36.1 Å². The van der Waals surface area contributed by atoms with E-state index in [1.54, 1.807) is 34.9 Å². The average Bonchev–Trinajstić information content (AvgIpc) is 3.69. The Balaban J connectivity index is 0. The molecule has 248 valence electrons. The molecule has 3 aromatic rings.